The van der Waals surface area contributed by atoms with E-state index in [1.54, 1.807) is 33.6 Å². The highest BCUT2D eigenvalue weighted by Crippen LogP contribution is 2.37. The maximum absolute atomic E-state index is 10.8. The Kier molecular flexibility index (Phi) is 26.8. The van der Waals surface area contributed by atoms with Gasteiger partial charge >= 0.3 is 11.9 Å². The lowest BCUT2D eigenvalue weighted by Crippen LogP contribution is -2.40. The predicted octanol–water partition coefficient (Wildman–Crippen LogP) is 14.1. The van der Waals surface area contributed by atoms with E-state index < -0.39 is 28.3 Å². The summed E-state index contributed by atoms with van der Waals surface area (Å²) in [6, 6.07) is 26.6. The van der Waals surface area contributed by atoms with Gasteiger partial charge in [-0.15, -0.1) is 12.4 Å². The molecule has 0 radical (unpaired) electrons. The van der Waals surface area contributed by atoms with Gasteiger partial charge in [0.1, 0.15) is 11.6 Å². The van der Waals surface area contributed by atoms with Crippen molar-refractivity contribution in [3.63, 3.8) is 0 Å². The molecule has 0 bridgehead atoms. The standard InChI is InChI=1S/C20H33N3OSi.C14H17N3O2.C7H8N2O2.C7H11NO.C7H18Si.CH4.ClH/c1-19(2,3)17-13-18(21)23(22-17)16-11-9-15(10-12-16)14-24-25(7,8)20(4,5)6;1-14(2,3)11-8-12(15)17(16-11)10-6-4-9(5-7-10)13(18)19;8-9-6-3-1-5(2-4-6)7(10)11;1-7(2,3)6(9)4-5-8;1-7(2,3)8(4,5)6;;/h9-13H,14,21H2,1-8H3;4-8H,15H2,1-3H3,(H,18,19);1-4,9H,8H2,(H,10,11);4H2,1-3H3;1-6H3;1H4;1H. The Hall–Kier alpha value is -5.78. The van der Waals surface area contributed by atoms with E-state index in [2.05, 4.69) is 156 Å². The zero-order chi connectivity index (χ0) is 56.0. The number of ketones is 1. The number of hydrazine groups is 1. The largest absolute Gasteiger partial charge is 0.478 e. The summed E-state index contributed by atoms with van der Waals surface area (Å²) in [7, 11) is -2.59. The first-order valence-electron chi connectivity index (χ1n) is 24.1. The average molecular weight is 1080 g/mol. The second-order valence-electron chi connectivity index (χ2n) is 24.3. The number of Topliss-reactive ketones (excluding diaryl/α,β-unsaturated/α-hetero) is 1. The minimum Gasteiger partial charge on any atom is -0.478 e. The van der Waals surface area contributed by atoms with Crippen LogP contribution in [0.3, 0.4) is 0 Å². The quantitative estimate of drug-likeness (QED) is 0.0457. The van der Waals surface area contributed by atoms with E-state index >= 15 is 0 Å². The first kappa shape index (κ1) is 70.3. The zero-order valence-corrected chi connectivity index (χ0v) is 50.2. The number of carbonyl (C=O) groups is 3. The summed E-state index contributed by atoms with van der Waals surface area (Å²) in [5, 5.41) is 35.4. The first-order chi connectivity index (χ1) is 32.6. The van der Waals surface area contributed by atoms with Gasteiger partial charge in [-0.25, -0.2) is 19.0 Å². The Morgan fingerprint density at radius 3 is 1.22 bits per heavy atom. The molecular weight excluding hydrogens is 986 g/mol. The number of carboxylic acids is 2. The number of anilines is 3. The van der Waals surface area contributed by atoms with Crippen molar-refractivity contribution < 1.29 is 29.0 Å². The van der Waals surface area contributed by atoms with Crippen LogP contribution in [0.25, 0.3) is 11.4 Å². The third kappa shape index (κ3) is 22.8. The number of nitrogens with one attached hydrogen (secondary N) is 1. The first-order valence-corrected chi connectivity index (χ1v) is 30.5. The van der Waals surface area contributed by atoms with Gasteiger partial charge in [0.2, 0.25) is 0 Å². The molecule has 0 amide bonds. The van der Waals surface area contributed by atoms with Crippen LogP contribution in [0.2, 0.25) is 42.8 Å². The highest BCUT2D eigenvalue weighted by molar-refractivity contribution is 6.78. The van der Waals surface area contributed by atoms with Gasteiger partial charge in [-0.05, 0) is 89.4 Å². The molecule has 412 valence electrons. The molecule has 9 N–H and O–H groups in total. The molecule has 0 aliphatic carbocycles. The van der Waals surface area contributed by atoms with Crippen molar-refractivity contribution in [1.82, 2.24) is 19.6 Å². The number of benzene rings is 3. The Bertz CT molecular complexity index is 2550. The number of nitrogens with two attached hydrogens (primary N) is 3. The minimum atomic E-state index is -1.73. The van der Waals surface area contributed by atoms with Crippen LogP contribution in [0.4, 0.5) is 17.3 Å². The molecule has 0 spiro atoms. The number of carboxylic acid groups (broad SMARTS) is 2. The second-order valence-corrected chi connectivity index (χ2v) is 35.1. The molecule has 0 saturated heterocycles. The van der Waals surface area contributed by atoms with Gasteiger partial charge in [-0.1, -0.05) is 143 Å². The molecule has 0 unspecified atom stereocenters. The SMILES string of the molecule is C.CC(C)(C)C(=O)CC#N.CC(C)(C)[Si](C)(C)C.CC(C)(C)c1cc(N)n(-c2ccc(C(=O)O)cc2)n1.CC(C)(C)c1cc(N)n(-c2ccc(CO[Si](C)(C)C(C)(C)C)cc2)n1.Cl.NNc1ccc(C(=O)O)cc1. The monoisotopic (exact) mass is 1080 g/mol. The number of nitrogens with zero attached hydrogens (tertiary/aromatic N) is 5. The van der Waals surface area contributed by atoms with Crippen molar-refractivity contribution in [3.05, 3.63) is 113 Å². The summed E-state index contributed by atoms with van der Waals surface area (Å²) >= 11 is 0. The molecule has 2 aromatic heterocycles. The molecule has 2 heterocycles. The van der Waals surface area contributed by atoms with Crippen molar-refractivity contribution in [2.45, 2.75) is 178 Å². The summed E-state index contributed by atoms with van der Waals surface area (Å²) in [5.41, 5.74) is 20.0. The predicted molar refractivity (Wildman–Crippen MR) is 315 cm³/mol. The zero-order valence-electron chi connectivity index (χ0n) is 47.4. The molecule has 0 aliphatic heterocycles. The summed E-state index contributed by atoms with van der Waals surface area (Å²) in [6.07, 6.45) is 0.0312. The Morgan fingerprint density at radius 1 is 0.635 bits per heavy atom. The molecule has 15 nitrogen and oxygen atoms in total. The molecule has 5 aromatic rings. The van der Waals surface area contributed by atoms with Crippen molar-refractivity contribution in [2.75, 3.05) is 16.9 Å². The lowest BCUT2D eigenvalue weighted by atomic mass is 9.89. The molecule has 5 rings (SSSR count). The van der Waals surface area contributed by atoms with Crippen LogP contribution in [0, 0.1) is 16.7 Å². The molecule has 18 heteroatoms. The number of nitriles is 1. The smallest absolute Gasteiger partial charge is 0.335 e. The number of hydrogen-bond donors (Lipinski definition) is 6. The third-order valence-corrected chi connectivity index (χ3v) is 21.6. The van der Waals surface area contributed by atoms with Crippen molar-refractivity contribution >= 4 is 63.8 Å². The van der Waals surface area contributed by atoms with Crippen LogP contribution in [0.5, 0.6) is 0 Å². The van der Waals surface area contributed by atoms with Gasteiger partial charge in [0.15, 0.2) is 14.1 Å². The Morgan fingerprint density at radius 2 is 0.973 bits per heavy atom. The average Bonchev–Trinajstić information content (AvgIpc) is 3.86. The number of carbonyl (C=O) groups excluding carboxylic acids is 1. The number of aromatic nitrogens is 4. The van der Waals surface area contributed by atoms with Crippen molar-refractivity contribution in [3.8, 4) is 17.4 Å². The molecule has 3 aromatic carbocycles. The molecule has 0 atom stereocenters. The second kappa shape index (κ2) is 28.2. The summed E-state index contributed by atoms with van der Waals surface area (Å²) < 4.78 is 9.71. The molecule has 0 saturated carbocycles. The fourth-order valence-electron chi connectivity index (χ4n) is 4.94. The van der Waals surface area contributed by atoms with Gasteiger partial charge in [0, 0.05) is 42.1 Å². The number of hydrogen-bond acceptors (Lipinski definition) is 11. The molecular formula is C56H92ClN9O6Si2. The van der Waals surface area contributed by atoms with E-state index in [1.165, 1.54) is 29.8 Å². The van der Waals surface area contributed by atoms with Crippen LogP contribution in [-0.4, -0.2) is 63.9 Å². The van der Waals surface area contributed by atoms with E-state index in [-0.39, 0.29) is 64.4 Å². The van der Waals surface area contributed by atoms with E-state index in [0.717, 1.165) is 22.8 Å². The van der Waals surface area contributed by atoms with E-state index in [1.807, 2.05) is 39.0 Å². The van der Waals surface area contributed by atoms with Crippen LogP contribution < -0.4 is 22.7 Å². The van der Waals surface area contributed by atoms with E-state index in [4.69, 9.17) is 37.2 Å². The van der Waals surface area contributed by atoms with Crippen LogP contribution >= 0.6 is 12.4 Å². The fourth-order valence-corrected chi connectivity index (χ4v) is 5.90. The van der Waals surface area contributed by atoms with Gasteiger partial charge in [0.05, 0.1) is 53.0 Å². The van der Waals surface area contributed by atoms with Gasteiger partial charge in [-0.2, -0.15) is 15.5 Å². The van der Waals surface area contributed by atoms with Gasteiger partial charge in [-0.3, -0.25) is 10.6 Å². The van der Waals surface area contributed by atoms with E-state index in [0.29, 0.717) is 29.0 Å². The third-order valence-electron chi connectivity index (χ3n) is 12.6. The maximum Gasteiger partial charge on any atom is 0.335 e. The van der Waals surface area contributed by atoms with E-state index in [9.17, 15) is 14.4 Å². The van der Waals surface area contributed by atoms with Gasteiger partial charge < -0.3 is 31.5 Å². The molecule has 74 heavy (non-hydrogen) atoms. The normalized spacial score (nSPS) is 11.6. The number of aromatic carboxylic acids is 2. The summed E-state index contributed by atoms with van der Waals surface area (Å²) in [4.78, 5) is 32.0. The summed E-state index contributed by atoms with van der Waals surface area (Å²) in [5.74, 6) is 4.40. The minimum absolute atomic E-state index is 0. The highest BCUT2D eigenvalue weighted by atomic mass is 35.5. The lowest BCUT2D eigenvalue weighted by molar-refractivity contribution is -0.125. The van der Waals surface area contributed by atoms with Crippen LogP contribution in [-0.2, 0) is 26.7 Å². The summed E-state index contributed by atoms with van der Waals surface area (Å²) in [6.45, 7) is 44.3. The fraction of sp³-hybridized carbons (Fsp3) is 0.500. The number of halogens is 1. The Balaban J connectivity index is 0. The number of nitrogen functional groups attached to an aromatic ring is 3. The lowest BCUT2D eigenvalue weighted by Gasteiger charge is -2.36. The highest BCUT2D eigenvalue weighted by Gasteiger charge is 2.37. The van der Waals surface area contributed by atoms with Crippen LogP contribution in [0.15, 0.2) is 84.9 Å². The topological polar surface area (TPSA) is 250 Å². The van der Waals surface area contributed by atoms with Gasteiger partial charge in [0.25, 0.3) is 0 Å². The maximum atomic E-state index is 10.8. The number of rotatable bonds is 9. The molecule has 0 aliphatic rings. The molecule has 0 fully saturated rings. The Labute approximate surface area is 452 Å². The van der Waals surface area contributed by atoms with Crippen molar-refractivity contribution in [2.24, 2.45) is 11.3 Å². The van der Waals surface area contributed by atoms with Crippen molar-refractivity contribution in [1.29, 1.82) is 5.26 Å². The van der Waals surface area contributed by atoms with Crippen LogP contribution in [0.1, 0.15) is 155 Å².